The molecule has 8 N–H and O–H groups in total. The highest BCUT2D eigenvalue weighted by atomic mass is 16.7. The lowest BCUT2D eigenvalue weighted by atomic mass is 9.98. The Kier molecular flexibility index (Phi) is 33.6. The number of amides is 1. The first-order valence-electron chi connectivity index (χ1n) is 23.4. The number of rotatable bonds is 38. The molecule has 0 radical (unpaired) electrons. The zero-order valence-electron chi connectivity index (χ0n) is 36.5. The van der Waals surface area contributed by atoms with E-state index in [1.165, 1.54) is 116 Å². The predicted octanol–water partition coefficient (Wildman–Crippen LogP) is 7.53. The summed E-state index contributed by atoms with van der Waals surface area (Å²) in [5.74, 6) is 0.0466. The summed E-state index contributed by atoms with van der Waals surface area (Å²) in [6.07, 6.45) is 24.2. The molecule has 1 aliphatic rings. The molecule has 0 aromatic carbocycles. The second kappa shape index (κ2) is 35.6. The standard InChI is InChI=1S/C46H89NO10/c1-4-5-6-7-8-9-10-11-12-13-14-15-16-17-18-19-24-27-30-33-39(50)45(55)47-37(35-56-46-44(54)43(53)42(52)40(34-48)57-46)41(51)38(49)32-29-26-23-21-20-22-25-28-31-36(2)3/h11-12,36-44,46,48-54H,4-10,13-35H2,1-3H3,(H,47,55)/b12-11-/t37-,38+,39+,40+,41-,42+,43-,44+,46+/m0/s1. The van der Waals surface area contributed by atoms with E-state index in [-0.39, 0.29) is 6.42 Å². The third kappa shape index (κ3) is 26.6. The molecule has 1 saturated heterocycles. The number of hydrogen-bond donors (Lipinski definition) is 8. The molecule has 11 nitrogen and oxygen atoms in total. The molecule has 1 amide bonds. The molecule has 1 aliphatic heterocycles. The van der Waals surface area contributed by atoms with Crippen molar-refractivity contribution in [1.29, 1.82) is 0 Å². The van der Waals surface area contributed by atoms with Gasteiger partial charge in [0.1, 0.15) is 36.6 Å². The van der Waals surface area contributed by atoms with Crippen LogP contribution in [0.2, 0.25) is 0 Å². The van der Waals surface area contributed by atoms with Gasteiger partial charge in [0.2, 0.25) is 5.91 Å². The second-order valence-electron chi connectivity index (χ2n) is 17.3. The lowest BCUT2D eigenvalue weighted by molar-refractivity contribution is -0.303. The van der Waals surface area contributed by atoms with Gasteiger partial charge in [-0.15, -0.1) is 0 Å². The Morgan fingerprint density at radius 3 is 1.58 bits per heavy atom. The quantitative estimate of drug-likeness (QED) is 0.0229. The Hall–Kier alpha value is -1.15. The first kappa shape index (κ1) is 53.9. The zero-order chi connectivity index (χ0) is 42.1. The van der Waals surface area contributed by atoms with E-state index >= 15 is 0 Å². The van der Waals surface area contributed by atoms with E-state index in [0.717, 1.165) is 44.4 Å². The maximum Gasteiger partial charge on any atom is 0.249 e. The average molecular weight is 816 g/mol. The van der Waals surface area contributed by atoms with Crippen molar-refractivity contribution in [3.8, 4) is 0 Å². The van der Waals surface area contributed by atoms with Gasteiger partial charge in [0, 0.05) is 0 Å². The maximum absolute atomic E-state index is 13.1. The van der Waals surface area contributed by atoms with Crippen molar-refractivity contribution >= 4 is 5.91 Å². The highest BCUT2D eigenvalue weighted by Crippen LogP contribution is 2.23. The highest BCUT2D eigenvalue weighted by Gasteiger charge is 2.44. The fourth-order valence-corrected chi connectivity index (χ4v) is 7.56. The topological polar surface area (TPSA) is 189 Å². The van der Waals surface area contributed by atoms with Gasteiger partial charge in [0.25, 0.3) is 0 Å². The van der Waals surface area contributed by atoms with Gasteiger partial charge in [-0.3, -0.25) is 4.79 Å². The molecule has 9 atom stereocenters. The number of ether oxygens (including phenoxy) is 2. The van der Waals surface area contributed by atoms with Gasteiger partial charge in [-0.05, 0) is 44.4 Å². The van der Waals surface area contributed by atoms with E-state index in [0.29, 0.717) is 19.3 Å². The molecular formula is C46H89NO10. The minimum absolute atomic E-state index is 0.259. The lowest BCUT2D eigenvalue weighted by Crippen LogP contribution is -2.60. The van der Waals surface area contributed by atoms with Gasteiger partial charge in [0.15, 0.2) is 6.29 Å². The van der Waals surface area contributed by atoms with Gasteiger partial charge in [-0.25, -0.2) is 0 Å². The molecule has 0 bridgehead atoms. The van der Waals surface area contributed by atoms with E-state index in [1.807, 2.05) is 0 Å². The molecule has 1 heterocycles. The Balaban J connectivity index is 2.41. The van der Waals surface area contributed by atoms with Crippen molar-refractivity contribution < 1.29 is 50.0 Å². The van der Waals surface area contributed by atoms with Gasteiger partial charge in [-0.2, -0.15) is 0 Å². The Morgan fingerprint density at radius 2 is 1.09 bits per heavy atom. The first-order valence-corrected chi connectivity index (χ1v) is 23.4. The van der Waals surface area contributed by atoms with Crippen LogP contribution in [0.1, 0.15) is 201 Å². The molecule has 338 valence electrons. The van der Waals surface area contributed by atoms with Crippen LogP contribution < -0.4 is 5.32 Å². The summed E-state index contributed by atoms with van der Waals surface area (Å²) in [7, 11) is 0. The minimum Gasteiger partial charge on any atom is -0.394 e. The molecule has 57 heavy (non-hydrogen) atoms. The van der Waals surface area contributed by atoms with Crippen molar-refractivity contribution in [3.63, 3.8) is 0 Å². The van der Waals surface area contributed by atoms with Crippen LogP contribution in [0.3, 0.4) is 0 Å². The van der Waals surface area contributed by atoms with E-state index in [2.05, 4.69) is 38.2 Å². The van der Waals surface area contributed by atoms with E-state index < -0.39 is 74.2 Å². The van der Waals surface area contributed by atoms with E-state index in [1.54, 1.807) is 0 Å². The monoisotopic (exact) mass is 816 g/mol. The molecule has 11 heteroatoms. The summed E-state index contributed by atoms with van der Waals surface area (Å²) in [4.78, 5) is 13.1. The van der Waals surface area contributed by atoms with Crippen LogP contribution >= 0.6 is 0 Å². The average Bonchev–Trinajstić information content (AvgIpc) is 3.20. The number of hydrogen-bond acceptors (Lipinski definition) is 10. The summed E-state index contributed by atoms with van der Waals surface area (Å²) in [6.45, 7) is 5.70. The first-order chi connectivity index (χ1) is 27.5. The maximum atomic E-state index is 13.1. The third-order valence-corrected chi connectivity index (χ3v) is 11.5. The largest absolute Gasteiger partial charge is 0.394 e. The van der Waals surface area contributed by atoms with Gasteiger partial charge < -0.3 is 50.5 Å². The summed E-state index contributed by atoms with van der Waals surface area (Å²) in [5.41, 5.74) is 0. The van der Waals surface area contributed by atoms with Gasteiger partial charge in [-0.1, -0.05) is 174 Å². The highest BCUT2D eigenvalue weighted by molar-refractivity contribution is 5.80. The second-order valence-corrected chi connectivity index (χ2v) is 17.3. The molecule has 0 aromatic heterocycles. The number of allylic oxidation sites excluding steroid dienone is 2. The molecule has 1 rings (SSSR count). The van der Waals surface area contributed by atoms with Gasteiger partial charge >= 0.3 is 0 Å². The van der Waals surface area contributed by atoms with Crippen LogP contribution in [-0.4, -0.2) is 110 Å². The smallest absolute Gasteiger partial charge is 0.249 e. The normalized spacial score (nSPS) is 22.3. The molecule has 1 fully saturated rings. The number of unbranched alkanes of at least 4 members (excludes halogenated alkanes) is 22. The summed E-state index contributed by atoms with van der Waals surface area (Å²) >= 11 is 0. The van der Waals surface area contributed by atoms with Crippen molar-refractivity contribution in [2.24, 2.45) is 5.92 Å². The summed E-state index contributed by atoms with van der Waals surface area (Å²) in [6, 6.07) is -1.17. The molecule has 0 saturated carbocycles. The van der Waals surface area contributed by atoms with Crippen molar-refractivity contribution in [2.45, 2.75) is 256 Å². The van der Waals surface area contributed by atoms with Crippen LogP contribution in [0.5, 0.6) is 0 Å². The van der Waals surface area contributed by atoms with Crippen LogP contribution in [0.4, 0.5) is 0 Å². The van der Waals surface area contributed by atoms with Crippen molar-refractivity contribution in [3.05, 3.63) is 12.2 Å². The number of aliphatic hydroxyl groups excluding tert-OH is 7. The summed E-state index contributed by atoms with van der Waals surface area (Å²) in [5, 5.41) is 75.6. The Morgan fingerprint density at radius 1 is 0.632 bits per heavy atom. The van der Waals surface area contributed by atoms with Crippen molar-refractivity contribution in [1.82, 2.24) is 5.32 Å². The lowest BCUT2D eigenvalue weighted by Gasteiger charge is -2.40. The number of aliphatic hydroxyl groups is 7. The Bertz CT molecular complexity index is 952. The van der Waals surface area contributed by atoms with Crippen LogP contribution in [0.15, 0.2) is 12.2 Å². The number of carbonyl (C=O) groups excluding carboxylic acids is 1. The molecule has 0 aromatic rings. The minimum atomic E-state index is -1.66. The zero-order valence-corrected chi connectivity index (χ0v) is 36.5. The predicted molar refractivity (Wildman–Crippen MR) is 229 cm³/mol. The third-order valence-electron chi connectivity index (χ3n) is 11.5. The SMILES string of the molecule is CCCCCCCC/C=C\CCCCCCCCCCC[C@@H](O)C(=O)N[C@@H](CO[C@@H]1O[C@H](CO)[C@@H](O)[C@H](O)[C@H]1O)[C@H](O)[C@H](O)CCCCCCCCCCC(C)C. The molecule has 0 spiro atoms. The molecular weight excluding hydrogens is 727 g/mol. The van der Waals surface area contributed by atoms with Crippen molar-refractivity contribution in [2.75, 3.05) is 13.2 Å². The van der Waals surface area contributed by atoms with Crippen LogP contribution in [-0.2, 0) is 14.3 Å². The van der Waals surface area contributed by atoms with E-state index in [9.17, 15) is 40.5 Å². The van der Waals surface area contributed by atoms with E-state index in [4.69, 9.17) is 9.47 Å². The van der Waals surface area contributed by atoms with Crippen LogP contribution in [0.25, 0.3) is 0 Å². The summed E-state index contributed by atoms with van der Waals surface area (Å²) < 4.78 is 11.1. The molecule has 0 aliphatic carbocycles. The number of nitrogens with one attached hydrogen (secondary N) is 1. The molecule has 0 unspecified atom stereocenters. The number of carbonyl (C=O) groups is 1. The van der Waals surface area contributed by atoms with Gasteiger partial charge in [0.05, 0.1) is 25.4 Å². The van der Waals surface area contributed by atoms with Crippen LogP contribution in [0, 0.1) is 5.92 Å². The fourth-order valence-electron chi connectivity index (χ4n) is 7.56. The fraction of sp³-hybridized carbons (Fsp3) is 0.935. The Labute approximate surface area is 347 Å².